The first-order valence-electron chi connectivity index (χ1n) is 11.2. The van der Waals surface area contributed by atoms with Gasteiger partial charge in [-0.3, -0.25) is 4.79 Å². The quantitative estimate of drug-likeness (QED) is 0.517. The molecule has 0 bridgehead atoms. The standard InChI is InChI=1S/C26H27ClFNO5/c1-5-32-25(31)22-14(2)29-18-11-26(3,4)12-19(30)23(18)24(22)21-9-7-16(34-21)13-33-20-8-6-15(28)10-17(20)27/h6-10,24,29H,5,11-13H2,1-4H3/t24-/m0/s1. The maximum atomic E-state index is 13.3. The van der Waals surface area contributed by atoms with Crippen LogP contribution in [0.3, 0.4) is 0 Å². The largest absolute Gasteiger partial charge is 0.484 e. The molecule has 1 aromatic heterocycles. The maximum absolute atomic E-state index is 13.3. The molecule has 1 atom stereocenters. The highest BCUT2D eigenvalue weighted by atomic mass is 35.5. The lowest BCUT2D eigenvalue weighted by atomic mass is 9.69. The van der Waals surface area contributed by atoms with E-state index in [0.29, 0.717) is 47.0 Å². The van der Waals surface area contributed by atoms with Gasteiger partial charge in [-0.2, -0.15) is 0 Å². The van der Waals surface area contributed by atoms with Gasteiger partial charge in [0.15, 0.2) is 5.78 Å². The number of dihydropyridines is 1. The van der Waals surface area contributed by atoms with Gasteiger partial charge in [0.25, 0.3) is 0 Å². The Labute approximate surface area is 202 Å². The van der Waals surface area contributed by atoms with E-state index in [1.807, 2.05) is 13.8 Å². The molecule has 2 heterocycles. The molecule has 180 valence electrons. The zero-order valence-electron chi connectivity index (χ0n) is 19.6. The first-order chi connectivity index (χ1) is 16.1. The van der Waals surface area contributed by atoms with Crippen LogP contribution in [-0.2, 0) is 20.9 Å². The van der Waals surface area contributed by atoms with E-state index in [-0.39, 0.29) is 29.4 Å². The number of hydrogen-bond acceptors (Lipinski definition) is 6. The van der Waals surface area contributed by atoms with Crippen molar-refractivity contribution >= 4 is 23.4 Å². The summed E-state index contributed by atoms with van der Waals surface area (Å²) >= 11 is 6.03. The van der Waals surface area contributed by atoms with Gasteiger partial charge < -0.3 is 19.2 Å². The summed E-state index contributed by atoms with van der Waals surface area (Å²) in [4.78, 5) is 26.2. The smallest absolute Gasteiger partial charge is 0.336 e. The van der Waals surface area contributed by atoms with Crippen molar-refractivity contribution in [3.63, 3.8) is 0 Å². The number of Topliss-reactive ketones (excluding diaryl/α,β-unsaturated/α-hetero) is 1. The van der Waals surface area contributed by atoms with Gasteiger partial charge in [-0.1, -0.05) is 25.4 Å². The summed E-state index contributed by atoms with van der Waals surface area (Å²) < 4.78 is 30.3. The van der Waals surface area contributed by atoms with Crippen molar-refractivity contribution in [3.05, 3.63) is 75.2 Å². The van der Waals surface area contributed by atoms with E-state index in [0.717, 1.165) is 5.70 Å². The van der Waals surface area contributed by atoms with E-state index >= 15 is 0 Å². The van der Waals surface area contributed by atoms with Crippen molar-refractivity contribution in [2.45, 2.75) is 53.1 Å². The average molecular weight is 488 g/mol. The lowest BCUT2D eigenvalue weighted by Crippen LogP contribution is -2.38. The summed E-state index contributed by atoms with van der Waals surface area (Å²) in [5, 5.41) is 3.44. The molecular formula is C26H27ClFNO5. The van der Waals surface area contributed by atoms with Gasteiger partial charge in [-0.15, -0.1) is 0 Å². The predicted molar refractivity (Wildman–Crippen MR) is 125 cm³/mol. The Kier molecular flexibility index (Phi) is 6.58. The van der Waals surface area contributed by atoms with Gasteiger partial charge in [0.1, 0.15) is 29.7 Å². The van der Waals surface area contributed by atoms with Crippen molar-refractivity contribution in [3.8, 4) is 5.75 Å². The number of halogens is 2. The minimum Gasteiger partial charge on any atom is -0.484 e. The highest BCUT2D eigenvalue weighted by Gasteiger charge is 2.44. The van der Waals surface area contributed by atoms with E-state index in [4.69, 9.17) is 25.5 Å². The van der Waals surface area contributed by atoms with Crippen molar-refractivity contribution in [2.75, 3.05) is 6.61 Å². The van der Waals surface area contributed by atoms with Crippen LogP contribution in [0.2, 0.25) is 5.02 Å². The normalized spacial score (nSPS) is 19.6. The van der Waals surface area contributed by atoms with Crippen LogP contribution >= 0.6 is 11.6 Å². The summed E-state index contributed by atoms with van der Waals surface area (Å²) in [6.45, 7) is 7.90. The molecule has 1 N–H and O–H groups in total. The lowest BCUT2D eigenvalue weighted by molar-refractivity contribution is -0.138. The van der Waals surface area contributed by atoms with E-state index in [1.165, 1.54) is 18.2 Å². The number of rotatable bonds is 6. The number of allylic oxidation sites excluding steroid dienone is 3. The Balaban J connectivity index is 1.68. The summed E-state index contributed by atoms with van der Waals surface area (Å²) in [7, 11) is 0. The molecule has 1 aliphatic carbocycles. The van der Waals surface area contributed by atoms with Crippen LogP contribution in [0.25, 0.3) is 0 Å². The number of carbonyl (C=O) groups is 2. The molecule has 34 heavy (non-hydrogen) atoms. The Morgan fingerprint density at radius 1 is 1.26 bits per heavy atom. The number of carbonyl (C=O) groups excluding carboxylic acids is 2. The van der Waals surface area contributed by atoms with E-state index < -0.39 is 17.7 Å². The van der Waals surface area contributed by atoms with Crippen LogP contribution in [0.4, 0.5) is 4.39 Å². The number of esters is 1. The Morgan fingerprint density at radius 2 is 2.03 bits per heavy atom. The highest BCUT2D eigenvalue weighted by Crippen LogP contribution is 2.47. The molecule has 0 amide bonds. The van der Waals surface area contributed by atoms with Gasteiger partial charge in [0, 0.05) is 23.4 Å². The molecule has 0 spiro atoms. The Morgan fingerprint density at radius 3 is 2.74 bits per heavy atom. The van der Waals surface area contributed by atoms with Gasteiger partial charge in [-0.25, -0.2) is 9.18 Å². The van der Waals surface area contributed by atoms with E-state index in [2.05, 4.69) is 5.32 Å². The number of furan rings is 1. The summed E-state index contributed by atoms with van der Waals surface area (Å²) in [6.07, 6.45) is 1.05. The molecule has 0 radical (unpaired) electrons. The minimum absolute atomic E-state index is 0.0228. The predicted octanol–water partition coefficient (Wildman–Crippen LogP) is 5.82. The number of nitrogens with one attached hydrogen (secondary N) is 1. The Bertz CT molecular complexity index is 1210. The number of benzene rings is 1. The summed E-state index contributed by atoms with van der Waals surface area (Å²) in [6, 6.07) is 7.34. The molecule has 8 heteroatoms. The number of ketones is 1. The van der Waals surface area contributed by atoms with Crippen LogP contribution in [0.5, 0.6) is 5.75 Å². The van der Waals surface area contributed by atoms with E-state index in [1.54, 1.807) is 26.0 Å². The van der Waals surface area contributed by atoms with Crippen LogP contribution in [0, 0.1) is 11.2 Å². The second kappa shape index (κ2) is 9.29. The fraction of sp³-hybridized carbons (Fsp3) is 0.385. The second-order valence-corrected chi connectivity index (χ2v) is 9.73. The molecule has 0 saturated heterocycles. The molecular weight excluding hydrogens is 461 g/mol. The van der Waals surface area contributed by atoms with Gasteiger partial charge >= 0.3 is 5.97 Å². The first-order valence-corrected chi connectivity index (χ1v) is 11.5. The third kappa shape index (κ3) is 4.75. The number of hydrogen-bond donors (Lipinski definition) is 1. The van der Waals surface area contributed by atoms with Crippen molar-refractivity contribution in [1.82, 2.24) is 5.32 Å². The third-order valence-corrected chi connectivity index (χ3v) is 6.26. The molecule has 6 nitrogen and oxygen atoms in total. The van der Waals surface area contributed by atoms with Crippen molar-refractivity contribution in [2.24, 2.45) is 5.41 Å². The number of ether oxygens (including phenoxy) is 2. The zero-order valence-corrected chi connectivity index (χ0v) is 20.3. The summed E-state index contributed by atoms with van der Waals surface area (Å²) in [5.41, 5.74) is 2.16. The Hall–Kier alpha value is -3.06. The highest BCUT2D eigenvalue weighted by molar-refractivity contribution is 6.32. The third-order valence-electron chi connectivity index (χ3n) is 5.97. The molecule has 0 fully saturated rings. The molecule has 2 aliphatic rings. The SMILES string of the molecule is CCOC(=O)C1=C(C)NC2=C(C(=O)CC(C)(C)C2)[C@H]1c1ccc(COc2ccc(F)cc2Cl)o1. The van der Waals surface area contributed by atoms with Crippen LogP contribution in [0.15, 0.2) is 57.3 Å². The average Bonchev–Trinajstić information content (AvgIpc) is 3.20. The first kappa shape index (κ1) is 24.1. The van der Waals surface area contributed by atoms with Crippen molar-refractivity contribution < 1.29 is 27.9 Å². The molecule has 0 saturated carbocycles. The van der Waals surface area contributed by atoms with E-state index in [9.17, 15) is 14.0 Å². The summed E-state index contributed by atoms with van der Waals surface area (Å²) in [5.74, 6) is -0.405. The van der Waals surface area contributed by atoms with Crippen LogP contribution in [-0.4, -0.2) is 18.4 Å². The monoisotopic (exact) mass is 487 g/mol. The van der Waals surface area contributed by atoms with Crippen molar-refractivity contribution in [1.29, 1.82) is 0 Å². The van der Waals surface area contributed by atoms with Gasteiger partial charge in [0.2, 0.25) is 0 Å². The lowest BCUT2D eigenvalue weighted by Gasteiger charge is -2.38. The fourth-order valence-corrected chi connectivity index (χ4v) is 4.79. The fourth-order valence-electron chi connectivity index (χ4n) is 4.57. The molecule has 0 unspecified atom stereocenters. The maximum Gasteiger partial charge on any atom is 0.336 e. The zero-order chi connectivity index (χ0) is 24.6. The topological polar surface area (TPSA) is 77.8 Å². The van der Waals surface area contributed by atoms with Gasteiger partial charge in [-0.05, 0) is 56.0 Å². The van der Waals surface area contributed by atoms with Crippen LogP contribution < -0.4 is 10.1 Å². The molecule has 1 aliphatic heterocycles. The van der Waals surface area contributed by atoms with Crippen LogP contribution in [0.1, 0.15) is 58.0 Å². The van der Waals surface area contributed by atoms with Gasteiger partial charge in [0.05, 0.1) is 23.1 Å². The second-order valence-electron chi connectivity index (χ2n) is 9.32. The molecule has 4 rings (SSSR count). The molecule has 1 aromatic carbocycles. The molecule has 2 aromatic rings. The minimum atomic E-state index is -0.679.